The van der Waals surface area contributed by atoms with E-state index in [9.17, 15) is 12.8 Å². The lowest BCUT2D eigenvalue weighted by molar-refractivity contribution is -0.0778. The van der Waals surface area contributed by atoms with E-state index in [1.54, 1.807) is 6.07 Å². The van der Waals surface area contributed by atoms with Gasteiger partial charge in [0.2, 0.25) is 0 Å². The Morgan fingerprint density at radius 2 is 2.05 bits per heavy atom. The van der Waals surface area contributed by atoms with Gasteiger partial charge in [0.25, 0.3) is 0 Å². The highest BCUT2D eigenvalue weighted by Crippen LogP contribution is 2.37. The maximum absolute atomic E-state index is 13.8. The number of sulfone groups is 1. The van der Waals surface area contributed by atoms with Gasteiger partial charge >= 0.3 is 0 Å². The molecule has 1 aromatic rings. The van der Waals surface area contributed by atoms with Gasteiger partial charge in [-0.1, -0.05) is 12.1 Å². The van der Waals surface area contributed by atoms with Crippen LogP contribution in [0.4, 0.5) is 4.39 Å². The van der Waals surface area contributed by atoms with Crippen LogP contribution >= 0.6 is 0 Å². The largest absolute Gasteiger partial charge is 0.378 e. The summed E-state index contributed by atoms with van der Waals surface area (Å²) < 4.78 is 50.1. The summed E-state index contributed by atoms with van der Waals surface area (Å²) in [7, 11) is -3.67. The second kappa shape index (κ2) is 5.09. The summed E-state index contributed by atoms with van der Waals surface area (Å²) >= 11 is 0. The monoisotopic (exact) mass is 300 g/mol. The zero-order chi connectivity index (χ0) is 14.2. The molecule has 0 radical (unpaired) electrons. The van der Waals surface area contributed by atoms with Gasteiger partial charge in [-0.05, 0) is 25.0 Å². The molecule has 6 heteroatoms. The number of benzene rings is 1. The molecule has 0 N–H and O–H groups in total. The lowest BCUT2D eigenvalue weighted by atomic mass is 9.93. The summed E-state index contributed by atoms with van der Waals surface area (Å²) in [5.41, 5.74) is -0.499. The molecular weight excluding hydrogens is 283 g/mol. The zero-order valence-electron chi connectivity index (χ0n) is 11.0. The van der Waals surface area contributed by atoms with Crippen molar-refractivity contribution in [3.8, 4) is 0 Å². The van der Waals surface area contributed by atoms with E-state index in [1.807, 2.05) is 0 Å². The quantitative estimate of drug-likeness (QED) is 0.837. The van der Waals surface area contributed by atoms with Gasteiger partial charge in [-0.15, -0.1) is 0 Å². The van der Waals surface area contributed by atoms with Gasteiger partial charge in [0.15, 0.2) is 9.84 Å². The van der Waals surface area contributed by atoms with Crippen LogP contribution in [-0.2, 0) is 19.3 Å². The molecule has 2 fully saturated rings. The second-order valence-electron chi connectivity index (χ2n) is 5.42. The highest BCUT2D eigenvalue weighted by molar-refractivity contribution is 7.92. The predicted octanol–water partition coefficient (Wildman–Crippen LogP) is 1.94. The zero-order valence-corrected chi connectivity index (χ0v) is 11.9. The minimum atomic E-state index is -3.67. The maximum atomic E-state index is 13.8. The van der Waals surface area contributed by atoms with Gasteiger partial charge in [-0.3, -0.25) is 0 Å². The summed E-state index contributed by atoms with van der Waals surface area (Å²) in [6.45, 7) is 1.39. The Labute approximate surface area is 117 Å². The number of hydrogen-bond acceptors (Lipinski definition) is 4. The van der Waals surface area contributed by atoms with Crippen molar-refractivity contribution in [3.63, 3.8) is 0 Å². The van der Waals surface area contributed by atoms with E-state index in [0.29, 0.717) is 39.1 Å². The van der Waals surface area contributed by atoms with E-state index in [2.05, 4.69) is 0 Å². The Morgan fingerprint density at radius 1 is 1.25 bits per heavy atom. The number of halogens is 1. The van der Waals surface area contributed by atoms with E-state index in [1.165, 1.54) is 18.2 Å². The fourth-order valence-corrected chi connectivity index (χ4v) is 4.86. The second-order valence-corrected chi connectivity index (χ2v) is 7.62. The average Bonchev–Trinajstić information content (AvgIpc) is 2.87. The Kier molecular flexibility index (Phi) is 3.56. The maximum Gasteiger partial charge on any atom is 0.184 e. The third kappa shape index (κ3) is 2.36. The molecular formula is C14H17FO4S. The minimum absolute atomic E-state index is 0.207. The third-order valence-corrected chi connectivity index (χ3v) is 6.32. The van der Waals surface area contributed by atoms with Gasteiger partial charge in [0, 0.05) is 19.6 Å². The molecule has 2 aliphatic rings. The standard InChI is InChI=1S/C14H17FO4S/c15-12-3-1-2-4-13(12)20(16,17)11-5-7-19-14(9-11)6-8-18-10-14/h1-4,11H,5-10H2. The molecule has 0 aliphatic carbocycles. The third-order valence-electron chi connectivity index (χ3n) is 4.10. The van der Waals surface area contributed by atoms with Crippen LogP contribution in [0, 0.1) is 5.82 Å². The summed E-state index contributed by atoms with van der Waals surface area (Å²) in [5.74, 6) is -0.685. The molecule has 0 saturated carbocycles. The summed E-state index contributed by atoms with van der Waals surface area (Å²) in [5, 5.41) is -0.602. The van der Waals surface area contributed by atoms with Gasteiger partial charge in [-0.2, -0.15) is 0 Å². The molecule has 2 aliphatic heterocycles. The molecule has 2 unspecified atom stereocenters. The van der Waals surface area contributed by atoms with E-state index in [0.717, 1.165) is 0 Å². The Morgan fingerprint density at radius 3 is 2.75 bits per heavy atom. The first kappa shape index (κ1) is 14.0. The lowest BCUT2D eigenvalue weighted by Crippen LogP contribution is -2.45. The van der Waals surface area contributed by atoms with Crippen LogP contribution in [0.3, 0.4) is 0 Å². The summed E-state index contributed by atoms with van der Waals surface area (Å²) in [4.78, 5) is -0.207. The Balaban J connectivity index is 1.90. The molecule has 1 aromatic carbocycles. The first-order valence-corrected chi connectivity index (χ1v) is 8.28. The molecule has 2 heterocycles. The van der Waals surface area contributed by atoms with E-state index in [4.69, 9.17) is 9.47 Å². The van der Waals surface area contributed by atoms with Crippen LogP contribution in [0.2, 0.25) is 0 Å². The van der Waals surface area contributed by atoms with Gasteiger partial charge in [0.05, 0.1) is 17.5 Å². The predicted molar refractivity (Wildman–Crippen MR) is 70.7 cm³/mol. The lowest BCUT2D eigenvalue weighted by Gasteiger charge is -2.36. The summed E-state index contributed by atoms with van der Waals surface area (Å²) in [6, 6.07) is 5.55. The molecule has 2 atom stereocenters. The van der Waals surface area contributed by atoms with Gasteiger partial charge in [0.1, 0.15) is 10.7 Å². The van der Waals surface area contributed by atoms with Crippen LogP contribution in [0.1, 0.15) is 19.3 Å². The molecule has 0 aromatic heterocycles. The topological polar surface area (TPSA) is 52.6 Å². The van der Waals surface area contributed by atoms with Crippen molar-refractivity contribution in [1.82, 2.24) is 0 Å². The molecule has 1 spiro atoms. The molecule has 0 amide bonds. The van der Waals surface area contributed by atoms with Crippen molar-refractivity contribution in [1.29, 1.82) is 0 Å². The molecule has 0 bridgehead atoms. The van der Waals surface area contributed by atoms with Crippen molar-refractivity contribution < 1.29 is 22.3 Å². The smallest absolute Gasteiger partial charge is 0.184 e. The van der Waals surface area contributed by atoms with Crippen molar-refractivity contribution in [3.05, 3.63) is 30.1 Å². The molecule has 2 saturated heterocycles. The molecule has 20 heavy (non-hydrogen) atoms. The van der Waals surface area contributed by atoms with Crippen LogP contribution < -0.4 is 0 Å². The minimum Gasteiger partial charge on any atom is -0.378 e. The normalized spacial score (nSPS) is 30.8. The van der Waals surface area contributed by atoms with Crippen molar-refractivity contribution in [2.45, 2.75) is 35.0 Å². The van der Waals surface area contributed by atoms with Crippen LogP contribution in [0.15, 0.2) is 29.2 Å². The van der Waals surface area contributed by atoms with Gasteiger partial charge in [-0.25, -0.2) is 12.8 Å². The van der Waals surface area contributed by atoms with Gasteiger partial charge < -0.3 is 9.47 Å². The van der Waals surface area contributed by atoms with E-state index >= 15 is 0 Å². The van der Waals surface area contributed by atoms with Crippen LogP contribution in [-0.4, -0.2) is 39.1 Å². The molecule has 4 nitrogen and oxygen atoms in total. The van der Waals surface area contributed by atoms with Crippen molar-refractivity contribution in [2.75, 3.05) is 19.8 Å². The number of hydrogen-bond donors (Lipinski definition) is 0. The molecule has 110 valence electrons. The van der Waals surface area contributed by atoms with Crippen LogP contribution in [0.5, 0.6) is 0 Å². The van der Waals surface area contributed by atoms with E-state index < -0.39 is 26.5 Å². The molecule has 3 rings (SSSR count). The number of rotatable bonds is 2. The fraction of sp³-hybridized carbons (Fsp3) is 0.571. The highest BCUT2D eigenvalue weighted by Gasteiger charge is 2.45. The summed E-state index contributed by atoms with van der Waals surface area (Å²) in [6.07, 6.45) is 1.48. The average molecular weight is 300 g/mol. The Bertz CT molecular complexity index is 593. The highest BCUT2D eigenvalue weighted by atomic mass is 32.2. The first-order chi connectivity index (χ1) is 9.54. The SMILES string of the molecule is O=S(=O)(c1ccccc1F)C1CCOC2(CCOC2)C1. The van der Waals surface area contributed by atoms with Crippen molar-refractivity contribution >= 4 is 9.84 Å². The fourth-order valence-electron chi connectivity index (χ4n) is 2.97. The van der Waals surface area contributed by atoms with E-state index in [-0.39, 0.29) is 4.90 Å². The van der Waals surface area contributed by atoms with Crippen LogP contribution in [0.25, 0.3) is 0 Å². The Hall–Kier alpha value is -0.980. The number of ether oxygens (including phenoxy) is 2. The first-order valence-electron chi connectivity index (χ1n) is 6.74. The van der Waals surface area contributed by atoms with Crippen molar-refractivity contribution in [2.24, 2.45) is 0 Å².